The number of hydrogen-bond acceptors (Lipinski definition) is 1. The van der Waals surface area contributed by atoms with Crippen molar-refractivity contribution in [2.75, 3.05) is 4.90 Å². The summed E-state index contributed by atoms with van der Waals surface area (Å²) in [6.45, 7) is 4.71. The number of hydrogen-bond donors (Lipinski definition) is 0. The van der Waals surface area contributed by atoms with Gasteiger partial charge in [0.15, 0.2) is 0 Å². The van der Waals surface area contributed by atoms with Crippen LogP contribution in [-0.2, 0) is 5.41 Å². The minimum absolute atomic E-state index is 0.107. The van der Waals surface area contributed by atoms with E-state index in [0.29, 0.717) is 0 Å². The Morgan fingerprint density at radius 3 is 1.60 bits per heavy atom. The van der Waals surface area contributed by atoms with E-state index in [2.05, 4.69) is 243 Å². The normalized spacial score (nSPS) is 12.6. The van der Waals surface area contributed by atoms with Crippen molar-refractivity contribution in [2.45, 2.75) is 19.3 Å². The third-order valence-corrected chi connectivity index (χ3v) is 12.7. The van der Waals surface area contributed by atoms with Crippen molar-refractivity contribution in [1.29, 1.82) is 0 Å². The van der Waals surface area contributed by atoms with Crippen LogP contribution in [0.25, 0.3) is 77.2 Å². The molecule has 11 rings (SSSR count). The van der Waals surface area contributed by atoms with Crippen LogP contribution in [0.2, 0.25) is 0 Å². The molecule has 0 aromatic heterocycles. The van der Waals surface area contributed by atoms with Gasteiger partial charge in [-0.25, -0.2) is 0 Å². The Bertz CT molecular complexity index is 3200. The monoisotopic (exact) mass is 765 g/mol. The molecule has 0 atom stereocenters. The number of anilines is 3. The van der Waals surface area contributed by atoms with Crippen LogP contribution in [0.3, 0.4) is 0 Å². The summed E-state index contributed by atoms with van der Waals surface area (Å²) in [4.78, 5) is 2.46. The maximum Gasteiger partial charge on any atom is 0.0543 e. The second-order valence-corrected chi connectivity index (χ2v) is 16.5. The number of fused-ring (bicyclic) bond motifs is 5. The summed E-state index contributed by atoms with van der Waals surface area (Å²) in [6.07, 6.45) is 0. The fourth-order valence-corrected chi connectivity index (χ4v) is 9.52. The molecule has 0 radical (unpaired) electrons. The zero-order valence-electron chi connectivity index (χ0n) is 33.8. The zero-order chi connectivity index (χ0) is 40.2. The third-order valence-electron chi connectivity index (χ3n) is 12.7. The molecule has 1 nitrogen and oxygen atoms in total. The van der Waals surface area contributed by atoms with Crippen molar-refractivity contribution >= 4 is 38.6 Å². The molecule has 0 heterocycles. The Kier molecular flexibility index (Phi) is 8.57. The van der Waals surface area contributed by atoms with Gasteiger partial charge >= 0.3 is 0 Å². The van der Waals surface area contributed by atoms with E-state index < -0.39 is 0 Å². The van der Waals surface area contributed by atoms with Crippen molar-refractivity contribution in [3.63, 3.8) is 0 Å². The lowest BCUT2D eigenvalue weighted by molar-refractivity contribution is 0.660. The lowest BCUT2D eigenvalue weighted by Gasteiger charge is -2.29. The van der Waals surface area contributed by atoms with Crippen LogP contribution in [0.1, 0.15) is 25.0 Å². The molecule has 0 saturated carbocycles. The Hall–Kier alpha value is -7.48. The first kappa shape index (κ1) is 35.7. The van der Waals surface area contributed by atoms with Gasteiger partial charge in [-0.15, -0.1) is 0 Å². The Morgan fingerprint density at radius 1 is 0.317 bits per heavy atom. The maximum atomic E-state index is 2.46. The molecule has 0 fully saturated rings. The van der Waals surface area contributed by atoms with E-state index in [1.54, 1.807) is 0 Å². The van der Waals surface area contributed by atoms with Crippen LogP contribution >= 0.6 is 0 Å². The van der Waals surface area contributed by atoms with Gasteiger partial charge in [0.25, 0.3) is 0 Å². The van der Waals surface area contributed by atoms with Crippen molar-refractivity contribution in [1.82, 2.24) is 0 Å². The molecular formula is C59H43N. The third kappa shape index (κ3) is 6.10. The van der Waals surface area contributed by atoms with E-state index in [4.69, 9.17) is 0 Å². The summed E-state index contributed by atoms with van der Waals surface area (Å²) >= 11 is 0. The quantitative estimate of drug-likeness (QED) is 0.156. The summed E-state index contributed by atoms with van der Waals surface area (Å²) in [6, 6.07) is 82.4. The SMILES string of the molecule is CC1(C)c2ccccc2-c2c(N(c3ccc(-c4ccc(-c5cccc6ccccc56)cc4)cc3)c3cccc(-c4ccc(-c5ccc6ccccc6c5)cc4)c3)cccc21. The lowest BCUT2D eigenvalue weighted by atomic mass is 9.82. The molecular weight excluding hydrogens is 723 g/mol. The molecule has 0 saturated heterocycles. The zero-order valence-corrected chi connectivity index (χ0v) is 33.8. The Balaban J connectivity index is 0.981. The molecule has 0 spiro atoms. The maximum absolute atomic E-state index is 2.46. The van der Waals surface area contributed by atoms with Crippen molar-refractivity contribution in [3.05, 3.63) is 236 Å². The number of benzene rings is 10. The molecule has 10 aromatic carbocycles. The van der Waals surface area contributed by atoms with E-state index in [-0.39, 0.29) is 5.41 Å². The van der Waals surface area contributed by atoms with Gasteiger partial charge in [0.05, 0.1) is 5.69 Å². The smallest absolute Gasteiger partial charge is 0.0543 e. The van der Waals surface area contributed by atoms with Crippen molar-refractivity contribution < 1.29 is 0 Å². The predicted molar refractivity (Wildman–Crippen MR) is 255 cm³/mol. The highest BCUT2D eigenvalue weighted by molar-refractivity contribution is 5.98. The minimum atomic E-state index is -0.107. The molecule has 0 unspecified atom stereocenters. The standard InChI is InChI=1S/C59H43N/c1-59(2)55-21-8-7-19-54(55)58-56(59)22-11-23-57(58)60(50-36-34-42(35-37-50)41-28-31-46(32-29-41)53-20-10-15-45-13-5-6-18-52(45)53)51-17-9-16-48(39-51)43-24-26-44(27-25-43)49-33-30-40-12-3-4-14-47(40)38-49/h3-39H,1-2H3. The van der Waals surface area contributed by atoms with Crippen molar-refractivity contribution in [3.8, 4) is 55.6 Å². The van der Waals surface area contributed by atoms with Crippen LogP contribution < -0.4 is 4.90 Å². The molecule has 0 amide bonds. The van der Waals surface area contributed by atoms with Gasteiger partial charge in [-0.3, -0.25) is 0 Å². The van der Waals surface area contributed by atoms with Gasteiger partial charge in [0.2, 0.25) is 0 Å². The second-order valence-electron chi connectivity index (χ2n) is 16.5. The van der Waals surface area contributed by atoms with Crippen LogP contribution in [0, 0.1) is 0 Å². The fourth-order valence-electron chi connectivity index (χ4n) is 9.52. The summed E-state index contributed by atoms with van der Waals surface area (Å²) in [5.41, 5.74) is 18.3. The van der Waals surface area contributed by atoms with Crippen LogP contribution in [0.15, 0.2) is 224 Å². The molecule has 0 N–H and O–H groups in total. The fraction of sp³-hybridized carbons (Fsp3) is 0.0508. The van der Waals surface area contributed by atoms with Gasteiger partial charge < -0.3 is 4.90 Å². The largest absolute Gasteiger partial charge is 0.310 e. The molecule has 0 aliphatic heterocycles. The van der Waals surface area contributed by atoms with Crippen LogP contribution in [0.4, 0.5) is 17.1 Å². The van der Waals surface area contributed by atoms with Crippen molar-refractivity contribution in [2.24, 2.45) is 0 Å². The Labute approximate surface area is 352 Å². The summed E-state index contributed by atoms with van der Waals surface area (Å²) in [5.74, 6) is 0. The summed E-state index contributed by atoms with van der Waals surface area (Å²) < 4.78 is 0. The number of rotatable bonds is 7. The van der Waals surface area contributed by atoms with E-state index in [9.17, 15) is 0 Å². The van der Waals surface area contributed by atoms with E-state index in [1.807, 2.05) is 0 Å². The Morgan fingerprint density at radius 2 is 0.833 bits per heavy atom. The highest BCUT2D eigenvalue weighted by Gasteiger charge is 2.37. The van der Waals surface area contributed by atoms with Gasteiger partial charge in [-0.05, 0) is 119 Å². The van der Waals surface area contributed by atoms with Gasteiger partial charge in [-0.1, -0.05) is 202 Å². The van der Waals surface area contributed by atoms with Crippen LogP contribution in [-0.4, -0.2) is 0 Å². The molecule has 284 valence electrons. The highest BCUT2D eigenvalue weighted by Crippen LogP contribution is 2.54. The summed E-state index contributed by atoms with van der Waals surface area (Å²) in [5, 5.41) is 5.05. The first-order valence-corrected chi connectivity index (χ1v) is 20.9. The molecule has 60 heavy (non-hydrogen) atoms. The topological polar surface area (TPSA) is 3.24 Å². The molecule has 1 aliphatic rings. The van der Waals surface area contributed by atoms with Gasteiger partial charge in [0, 0.05) is 22.4 Å². The average Bonchev–Trinajstić information content (AvgIpc) is 3.55. The van der Waals surface area contributed by atoms with Gasteiger partial charge in [0.1, 0.15) is 0 Å². The average molecular weight is 766 g/mol. The summed E-state index contributed by atoms with van der Waals surface area (Å²) in [7, 11) is 0. The number of nitrogens with zero attached hydrogens (tertiary/aromatic N) is 1. The minimum Gasteiger partial charge on any atom is -0.310 e. The van der Waals surface area contributed by atoms with E-state index in [1.165, 1.54) is 94.0 Å². The molecule has 1 heteroatoms. The molecule has 1 aliphatic carbocycles. The second kappa shape index (κ2) is 14.4. The van der Waals surface area contributed by atoms with E-state index >= 15 is 0 Å². The molecule has 10 aromatic rings. The first-order chi connectivity index (χ1) is 29.5. The van der Waals surface area contributed by atoms with E-state index in [0.717, 1.165) is 11.4 Å². The first-order valence-electron chi connectivity index (χ1n) is 20.9. The van der Waals surface area contributed by atoms with Gasteiger partial charge in [-0.2, -0.15) is 0 Å². The predicted octanol–water partition coefficient (Wildman–Crippen LogP) is 16.4. The molecule has 0 bridgehead atoms. The lowest BCUT2D eigenvalue weighted by Crippen LogP contribution is -2.16. The van der Waals surface area contributed by atoms with Crippen LogP contribution in [0.5, 0.6) is 0 Å². The highest BCUT2D eigenvalue weighted by atomic mass is 15.1.